The molecule has 1 amide bonds. The van der Waals surface area contributed by atoms with Crippen molar-refractivity contribution in [3.8, 4) is 11.3 Å². The van der Waals surface area contributed by atoms with Gasteiger partial charge in [-0.2, -0.15) is 0 Å². The van der Waals surface area contributed by atoms with Crippen LogP contribution in [0, 0.1) is 0 Å². The zero-order valence-electron chi connectivity index (χ0n) is 14.0. The number of nitrogens with zero attached hydrogens (tertiary/aromatic N) is 4. The summed E-state index contributed by atoms with van der Waals surface area (Å²) < 4.78 is 1.71. The Morgan fingerprint density at radius 2 is 2.04 bits per heavy atom. The SMILES string of the molecule is Cn1nnc2c3c(ccc21)C(c1nc(-c2ccccc2)cs1)CC(=O)N3. The van der Waals surface area contributed by atoms with Gasteiger partial charge in [-0.3, -0.25) is 4.79 Å². The standard InChI is InChI=1S/C19H15N5OS/c1-24-15-8-7-12-13(9-16(25)21-17(12)18(15)22-23-24)19-20-14(10-26-19)11-5-3-2-4-6-11/h2-8,10,13H,9H2,1H3,(H,21,25). The number of fused-ring (bicyclic) bond motifs is 3. The van der Waals surface area contributed by atoms with Crippen molar-refractivity contribution in [2.75, 3.05) is 5.32 Å². The Kier molecular flexibility index (Phi) is 3.36. The van der Waals surface area contributed by atoms with Crippen molar-refractivity contribution in [3.63, 3.8) is 0 Å². The second kappa shape index (κ2) is 5.74. The topological polar surface area (TPSA) is 72.7 Å². The molecule has 0 spiro atoms. The van der Waals surface area contributed by atoms with E-state index in [1.807, 2.05) is 43.4 Å². The van der Waals surface area contributed by atoms with Crippen molar-refractivity contribution in [1.82, 2.24) is 20.0 Å². The summed E-state index contributed by atoms with van der Waals surface area (Å²) in [5.74, 6) is -0.0790. The van der Waals surface area contributed by atoms with Gasteiger partial charge in [-0.15, -0.1) is 16.4 Å². The van der Waals surface area contributed by atoms with Gasteiger partial charge in [0.15, 0.2) is 0 Å². The van der Waals surface area contributed by atoms with Gasteiger partial charge in [0.2, 0.25) is 5.91 Å². The molecule has 2 aromatic carbocycles. The van der Waals surface area contributed by atoms with Gasteiger partial charge in [-0.25, -0.2) is 9.67 Å². The average molecular weight is 361 g/mol. The average Bonchev–Trinajstić information content (AvgIpc) is 3.29. The van der Waals surface area contributed by atoms with E-state index in [0.29, 0.717) is 6.42 Å². The number of aryl methyl sites for hydroxylation is 1. The van der Waals surface area contributed by atoms with Crippen molar-refractivity contribution in [2.24, 2.45) is 7.05 Å². The quantitative estimate of drug-likeness (QED) is 0.592. The van der Waals surface area contributed by atoms with Crippen LogP contribution in [0.1, 0.15) is 22.9 Å². The van der Waals surface area contributed by atoms with Gasteiger partial charge >= 0.3 is 0 Å². The van der Waals surface area contributed by atoms with Gasteiger partial charge in [0, 0.05) is 30.3 Å². The minimum Gasteiger partial charge on any atom is -0.324 e. The molecule has 3 heterocycles. The van der Waals surface area contributed by atoms with Gasteiger partial charge in [0.05, 0.1) is 16.9 Å². The number of rotatable bonds is 2. The van der Waals surface area contributed by atoms with Crippen molar-refractivity contribution in [3.05, 3.63) is 58.4 Å². The number of benzene rings is 2. The number of aromatic nitrogens is 4. The maximum atomic E-state index is 12.3. The molecule has 1 aliphatic heterocycles. The lowest BCUT2D eigenvalue weighted by molar-refractivity contribution is -0.116. The van der Waals surface area contributed by atoms with Crippen LogP contribution in [0.2, 0.25) is 0 Å². The first-order valence-corrected chi connectivity index (χ1v) is 9.21. The Morgan fingerprint density at radius 3 is 2.88 bits per heavy atom. The lowest BCUT2D eigenvalue weighted by Gasteiger charge is -2.24. The van der Waals surface area contributed by atoms with Crippen LogP contribution in [0.15, 0.2) is 47.8 Å². The molecule has 26 heavy (non-hydrogen) atoms. The number of thiazole rings is 1. The van der Waals surface area contributed by atoms with E-state index in [1.54, 1.807) is 16.0 Å². The molecule has 1 N–H and O–H groups in total. The first kappa shape index (κ1) is 15.2. The Balaban J connectivity index is 1.62. The second-order valence-corrected chi connectivity index (χ2v) is 7.24. The Morgan fingerprint density at radius 1 is 1.19 bits per heavy atom. The minimum atomic E-state index is -0.0624. The fraction of sp³-hybridized carbons (Fsp3) is 0.158. The summed E-state index contributed by atoms with van der Waals surface area (Å²) in [5.41, 5.74) is 5.45. The van der Waals surface area contributed by atoms with Gasteiger partial charge in [-0.1, -0.05) is 41.6 Å². The molecule has 1 aliphatic rings. The van der Waals surface area contributed by atoms with Crippen molar-refractivity contribution in [1.29, 1.82) is 0 Å². The van der Waals surface area contributed by atoms with E-state index in [2.05, 4.69) is 27.1 Å². The van der Waals surface area contributed by atoms with Crippen LogP contribution in [0.3, 0.4) is 0 Å². The first-order chi connectivity index (χ1) is 12.7. The molecule has 0 fully saturated rings. The highest BCUT2D eigenvalue weighted by molar-refractivity contribution is 7.10. The normalized spacial score (nSPS) is 16.5. The van der Waals surface area contributed by atoms with Crippen LogP contribution in [0.5, 0.6) is 0 Å². The molecule has 0 radical (unpaired) electrons. The molecule has 4 aromatic rings. The van der Waals surface area contributed by atoms with Crippen molar-refractivity contribution in [2.45, 2.75) is 12.3 Å². The number of carbonyl (C=O) groups is 1. The maximum absolute atomic E-state index is 12.3. The van der Waals surface area contributed by atoms with E-state index in [-0.39, 0.29) is 11.8 Å². The summed E-state index contributed by atoms with van der Waals surface area (Å²) in [4.78, 5) is 17.2. The van der Waals surface area contributed by atoms with E-state index in [4.69, 9.17) is 4.98 Å². The molecule has 0 aliphatic carbocycles. The molecule has 1 atom stereocenters. The lowest BCUT2D eigenvalue weighted by Crippen LogP contribution is -2.23. The zero-order valence-corrected chi connectivity index (χ0v) is 14.8. The third-order valence-electron chi connectivity index (χ3n) is 4.74. The Labute approximate surface area is 153 Å². The Bertz CT molecular complexity index is 1130. The monoisotopic (exact) mass is 361 g/mol. The van der Waals surface area contributed by atoms with E-state index < -0.39 is 0 Å². The van der Waals surface area contributed by atoms with Crippen LogP contribution in [0.4, 0.5) is 5.69 Å². The van der Waals surface area contributed by atoms with Gasteiger partial charge in [0.25, 0.3) is 0 Å². The number of carbonyl (C=O) groups excluding carboxylic acids is 1. The predicted molar refractivity (Wildman–Crippen MR) is 101 cm³/mol. The second-order valence-electron chi connectivity index (χ2n) is 6.35. The molecule has 2 aromatic heterocycles. The molecule has 1 unspecified atom stereocenters. The van der Waals surface area contributed by atoms with Crippen molar-refractivity contribution >= 4 is 34.0 Å². The summed E-state index contributed by atoms with van der Waals surface area (Å²) in [6, 6.07) is 14.1. The smallest absolute Gasteiger partial charge is 0.225 e. The molecule has 0 saturated carbocycles. The fourth-order valence-electron chi connectivity index (χ4n) is 3.44. The number of anilines is 1. The molecule has 7 heteroatoms. The third kappa shape index (κ3) is 2.32. The maximum Gasteiger partial charge on any atom is 0.225 e. The van der Waals surface area contributed by atoms with Crippen LogP contribution in [-0.4, -0.2) is 25.9 Å². The van der Waals surface area contributed by atoms with Crippen LogP contribution >= 0.6 is 11.3 Å². The number of amides is 1. The van der Waals surface area contributed by atoms with Crippen molar-refractivity contribution < 1.29 is 4.79 Å². The van der Waals surface area contributed by atoms with Crippen LogP contribution < -0.4 is 5.32 Å². The molecule has 0 saturated heterocycles. The largest absolute Gasteiger partial charge is 0.324 e. The number of nitrogens with one attached hydrogen (secondary N) is 1. The van der Waals surface area contributed by atoms with E-state index >= 15 is 0 Å². The number of hydrogen-bond donors (Lipinski definition) is 1. The van der Waals surface area contributed by atoms with E-state index in [9.17, 15) is 4.79 Å². The molecule has 0 bridgehead atoms. The summed E-state index contributed by atoms with van der Waals surface area (Å²) >= 11 is 1.59. The summed E-state index contributed by atoms with van der Waals surface area (Å²) in [7, 11) is 1.84. The molecule has 128 valence electrons. The molecular weight excluding hydrogens is 346 g/mol. The number of hydrogen-bond acceptors (Lipinski definition) is 5. The molecule has 5 rings (SSSR count). The predicted octanol–water partition coefficient (Wildman–Crippen LogP) is 3.57. The van der Waals surface area contributed by atoms with E-state index in [0.717, 1.165) is 38.5 Å². The fourth-order valence-corrected chi connectivity index (χ4v) is 4.38. The Hall–Kier alpha value is -3.06. The minimum absolute atomic E-state index is 0.0166. The molecule has 6 nitrogen and oxygen atoms in total. The highest BCUT2D eigenvalue weighted by atomic mass is 32.1. The summed E-state index contributed by atoms with van der Waals surface area (Å²) in [5, 5.41) is 14.3. The van der Waals surface area contributed by atoms with Gasteiger partial charge in [-0.05, 0) is 11.6 Å². The van der Waals surface area contributed by atoms with Crippen LogP contribution in [-0.2, 0) is 11.8 Å². The summed E-state index contributed by atoms with van der Waals surface area (Å²) in [6.45, 7) is 0. The summed E-state index contributed by atoms with van der Waals surface area (Å²) in [6.07, 6.45) is 0.389. The van der Waals surface area contributed by atoms with Gasteiger partial charge < -0.3 is 5.32 Å². The lowest BCUT2D eigenvalue weighted by atomic mass is 9.90. The third-order valence-corrected chi connectivity index (χ3v) is 5.69. The first-order valence-electron chi connectivity index (χ1n) is 8.33. The molecular formula is C19H15N5OS. The zero-order chi connectivity index (χ0) is 17.7. The highest BCUT2D eigenvalue weighted by Gasteiger charge is 2.31. The van der Waals surface area contributed by atoms with Crippen LogP contribution in [0.25, 0.3) is 22.3 Å². The highest BCUT2D eigenvalue weighted by Crippen LogP contribution is 2.41. The van der Waals surface area contributed by atoms with Gasteiger partial charge in [0.1, 0.15) is 10.5 Å². The van der Waals surface area contributed by atoms with E-state index in [1.165, 1.54) is 0 Å².